The highest BCUT2D eigenvalue weighted by atomic mass is 79.9. The molecule has 0 aliphatic heterocycles. The molecule has 0 bridgehead atoms. The van der Waals surface area contributed by atoms with Crippen molar-refractivity contribution in [1.82, 2.24) is 19.7 Å². The first-order valence-electron chi connectivity index (χ1n) is 8.78. The van der Waals surface area contributed by atoms with Crippen LogP contribution >= 0.6 is 15.9 Å². The summed E-state index contributed by atoms with van der Waals surface area (Å²) in [4.78, 5) is 21.0. The van der Waals surface area contributed by atoms with Crippen LogP contribution in [0.4, 0.5) is 5.69 Å². The first-order valence-corrected chi connectivity index (χ1v) is 9.58. The molecule has 0 spiro atoms. The van der Waals surface area contributed by atoms with Crippen molar-refractivity contribution in [2.75, 3.05) is 5.32 Å². The molecular formula is C21H16BrN5O2. The number of rotatable bonds is 6. The van der Waals surface area contributed by atoms with Gasteiger partial charge in [0, 0.05) is 16.4 Å². The summed E-state index contributed by atoms with van der Waals surface area (Å²) in [5.74, 6) is 0.532. The number of benzene rings is 2. The third-order valence-electron chi connectivity index (χ3n) is 4.04. The van der Waals surface area contributed by atoms with Crippen LogP contribution in [0.25, 0.3) is 0 Å². The molecule has 2 aromatic heterocycles. The number of aromatic nitrogens is 4. The maximum absolute atomic E-state index is 12.8. The molecule has 0 aliphatic rings. The Morgan fingerprint density at radius 3 is 2.76 bits per heavy atom. The second-order valence-corrected chi connectivity index (χ2v) is 7.08. The van der Waals surface area contributed by atoms with Gasteiger partial charge in [-0.05, 0) is 54.1 Å². The zero-order valence-electron chi connectivity index (χ0n) is 15.2. The Hall–Kier alpha value is -3.52. The molecule has 0 aliphatic carbocycles. The highest BCUT2D eigenvalue weighted by Gasteiger charge is 2.15. The third kappa shape index (κ3) is 4.85. The van der Waals surface area contributed by atoms with Crippen LogP contribution < -0.4 is 10.1 Å². The number of hydrogen-bond donors (Lipinski definition) is 1. The van der Waals surface area contributed by atoms with Crippen molar-refractivity contribution in [2.24, 2.45) is 0 Å². The van der Waals surface area contributed by atoms with E-state index in [1.807, 2.05) is 36.4 Å². The number of carbonyl (C=O) groups is 1. The molecule has 8 heteroatoms. The van der Waals surface area contributed by atoms with Crippen molar-refractivity contribution >= 4 is 27.5 Å². The maximum atomic E-state index is 12.8. The lowest BCUT2D eigenvalue weighted by Gasteiger charge is -2.11. The first kappa shape index (κ1) is 18.8. The van der Waals surface area contributed by atoms with E-state index in [1.165, 1.54) is 6.33 Å². The zero-order chi connectivity index (χ0) is 20.1. The van der Waals surface area contributed by atoms with Gasteiger partial charge in [-0.25, -0.2) is 14.6 Å². The van der Waals surface area contributed by atoms with Crippen molar-refractivity contribution in [2.45, 2.75) is 6.54 Å². The fourth-order valence-electron chi connectivity index (χ4n) is 2.71. The molecular weight excluding hydrogens is 434 g/mol. The van der Waals surface area contributed by atoms with E-state index in [-0.39, 0.29) is 11.8 Å². The van der Waals surface area contributed by atoms with E-state index in [9.17, 15) is 4.79 Å². The van der Waals surface area contributed by atoms with Gasteiger partial charge in [-0.3, -0.25) is 4.79 Å². The number of amides is 1. The van der Waals surface area contributed by atoms with E-state index in [4.69, 9.17) is 4.74 Å². The summed E-state index contributed by atoms with van der Waals surface area (Å²) in [7, 11) is 0. The highest BCUT2D eigenvalue weighted by molar-refractivity contribution is 9.10. The Labute approximate surface area is 175 Å². The number of pyridine rings is 1. The lowest BCUT2D eigenvalue weighted by Crippen LogP contribution is -2.14. The average molecular weight is 450 g/mol. The summed E-state index contributed by atoms with van der Waals surface area (Å²) in [5, 5.41) is 7.00. The third-order valence-corrected chi connectivity index (χ3v) is 4.57. The van der Waals surface area contributed by atoms with Gasteiger partial charge in [0.2, 0.25) is 5.88 Å². The Morgan fingerprint density at radius 1 is 1.10 bits per heavy atom. The van der Waals surface area contributed by atoms with E-state index in [0.29, 0.717) is 23.5 Å². The topological polar surface area (TPSA) is 81.9 Å². The van der Waals surface area contributed by atoms with Crippen LogP contribution in [0, 0.1) is 0 Å². The fraction of sp³-hybridized carbons (Fsp3) is 0.0476. The van der Waals surface area contributed by atoms with Gasteiger partial charge in [0.05, 0.1) is 6.54 Å². The molecule has 2 aromatic carbocycles. The van der Waals surface area contributed by atoms with Crippen molar-refractivity contribution < 1.29 is 9.53 Å². The molecule has 0 saturated carbocycles. The van der Waals surface area contributed by atoms with E-state index >= 15 is 0 Å². The first-order chi connectivity index (χ1) is 14.2. The minimum absolute atomic E-state index is 0.242. The fourth-order valence-corrected chi connectivity index (χ4v) is 2.97. The van der Waals surface area contributed by atoms with Crippen molar-refractivity contribution in [3.05, 3.63) is 95.1 Å². The zero-order valence-corrected chi connectivity index (χ0v) is 16.8. The minimum atomic E-state index is -0.303. The molecule has 29 heavy (non-hydrogen) atoms. The van der Waals surface area contributed by atoms with Gasteiger partial charge in [-0.1, -0.05) is 28.1 Å². The maximum Gasteiger partial charge on any atom is 0.261 e. The van der Waals surface area contributed by atoms with Crippen LogP contribution in [0.5, 0.6) is 11.6 Å². The minimum Gasteiger partial charge on any atom is -0.438 e. The molecule has 0 radical (unpaired) electrons. The number of anilines is 1. The van der Waals surface area contributed by atoms with Crippen LogP contribution in [-0.4, -0.2) is 25.7 Å². The lowest BCUT2D eigenvalue weighted by molar-refractivity contribution is 0.102. The summed E-state index contributed by atoms with van der Waals surface area (Å²) in [5.41, 5.74) is 2.01. The van der Waals surface area contributed by atoms with Crippen LogP contribution in [-0.2, 0) is 6.54 Å². The standard InChI is InChI=1S/C21H16BrN5O2/c22-16-6-8-18(9-7-16)29-21-19(5-2-10-24-21)20(28)26-17-4-1-3-15(11-17)12-27-14-23-13-25-27/h1-11,13-14H,12H2,(H,26,28). The van der Waals surface area contributed by atoms with E-state index < -0.39 is 0 Å². The molecule has 4 rings (SSSR count). The largest absolute Gasteiger partial charge is 0.438 e. The molecule has 7 nitrogen and oxygen atoms in total. The summed E-state index contributed by atoms with van der Waals surface area (Å²) in [6, 6.07) is 18.3. The lowest BCUT2D eigenvalue weighted by atomic mass is 10.2. The van der Waals surface area contributed by atoms with Crippen LogP contribution in [0.1, 0.15) is 15.9 Å². The Morgan fingerprint density at radius 2 is 1.97 bits per heavy atom. The molecule has 1 N–H and O–H groups in total. The summed E-state index contributed by atoms with van der Waals surface area (Å²) < 4.78 is 8.46. The van der Waals surface area contributed by atoms with Crippen molar-refractivity contribution in [1.29, 1.82) is 0 Å². The Balaban J connectivity index is 1.51. The van der Waals surface area contributed by atoms with Crippen molar-refractivity contribution in [3.8, 4) is 11.6 Å². The molecule has 144 valence electrons. The summed E-state index contributed by atoms with van der Waals surface area (Å²) in [6.07, 6.45) is 4.72. The van der Waals surface area contributed by atoms with Gasteiger partial charge in [0.1, 0.15) is 24.0 Å². The van der Waals surface area contributed by atoms with E-state index in [0.717, 1.165) is 10.0 Å². The van der Waals surface area contributed by atoms with Crippen molar-refractivity contribution in [3.63, 3.8) is 0 Å². The predicted molar refractivity (Wildman–Crippen MR) is 112 cm³/mol. The molecule has 0 atom stereocenters. The van der Waals surface area contributed by atoms with E-state index in [1.54, 1.807) is 41.5 Å². The molecule has 1 amide bonds. The van der Waals surface area contributed by atoms with Gasteiger partial charge < -0.3 is 10.1 Å². The van der Waals surface area contributed by atoms with Crippen LogP contribution in [0.2, 0.25) is 0 Å². The second-order valence-electron chi connectivity index (χ2n) is 6.16. The number of nitrogens with one attached hydrogen (secondary N) is 1. The predicted octanol–water partition coefficient (Wildman–Crippen LogP) is 4.53. The monoisotopic (exact) mass is 449 g/mol. The van der Waals surface area contributed by atoms with Gasteiger partial charge in [-0.15, -0.1) is 0 Å². The van der Waals surface area contributed by atoms with E-state index in [2.05, 4.69) is 36.3 Å². The molecule has 4 aromatic rings. The average Bonchev–Trinajstić information content (AvgIpc) is 3.23. The normalized spacial score (nSPS) is 10.5. The number of nitrogens with zero attached hydrogens (tertiary/aromatic N) is 4. The number of hydrogen-bond acceptors (Lipinski definition) is 5. The molecule has 0 unspecified atom stereocenters. The Kier molecular flexibility index (Phi) is 5.62. The number of carbonyl (C=O) groups excluding carboxylic acids is 1. The smallest absolute Gasteiger partial charge is 0.261 e. The van der Waals surface area contributed by atoms with Gasteiger partial charge in [-0.2, -0.15) is 5.10 Å². The van der Waals surface area contributed by atoms with Crippen LogP contribution in [0.15, 0.2) is 84.0 Å². The SMILES string of the molecule is O=C(Nc1cccc(Cn2cncn2)c1)c1cccnc1Oc1ccc(Br)cc1. The van der Waals surface area contributed by atoms with Gasteiger partial charge in [0.15, 0.2) is 0 Å². The van der Waals surface area contributed by atoms with Gasteiger partial charge >= 0.3 is 0 Å². The highest BCUT2D eigenvalue weighted by Crippen LogP contribution is 2.25. The molecule has 0 fully saturated rings. The quantitative estimate of drug-likeness (QED) is 0.467. The van der Waals surface area contributed by atoms with Crippen LogP contribution in [0.3, 0.4) is 0 Å². The summed E-state index contributed by atoms with van der Waals surface area (Å²) >= 11 is 3.39. The Bertz CT molecular complexity index is 1110. The number of ether oxygens (including phenoxy) is 1. The summed E-state index contributed by atoms with van der Waals surface area (Å²) in [6.45, 7) is 0.564. The van der Waals surface area contributed by atoms with Gasteiger partial charge in [0.25, 0.3) is 5.91 Å². The second kappa shape index (κ2) is 8.66. The molecule has 0 saturated heterocycles. The number of halogens is 1. The molecule has 2 heterocycles.